The van der Waals surface area contributed by atoms with Gasteiger partial charge in [-0.2, -0.15) is 0 Å². The van der Waals surface area contributed by atoms with E-state index in [1.54, 1.807) is 48.8 Å². The van der Waals surface area contributed by atoms with Crippen LogP contribution in [0.5, 0.6) is 11.6 Å². The van der Waals surface area contributed by atoms with Gasteiger partial charge in [0.25, 0.3) is 0 Å². The molecule has 0 atom stereocenters. The Hall–Kier alpha value is -4.27. The van der Waals surface area contributed by atoms with E-state index in [9.17, 15) is 9.18 Å². The molecule has 0 aliphatic heterocycles. The second-order valence-corrected chi connectivity index (χ2v) is 6.27. The average molecular weight is 404 g/mol. The van der Waals surface area contributed by atoms with Crippen LogP contribution in [0.25, 0.3) is 5.82 Å². The Bertz CT molecular complexity index is 1180. The van der Waals surface area contributed by atoms with Crippen molar-refractivity contribution in [1.82, 2.24) is 19.5 Å². The molecule has 0 saturated heterocycles. The first-order chi connectivity index (χ1) is 14.6. The summed E-state index contributed by atoms with van der Waals surface area (Å²) in [5, 5.41) is 5.23. The molecule has 4 aromatic rings. The second kappa shape index (κ2) is 8.39. The third-order valence-corrected chi connectivity index (χ3v) is 4.12. The van der Waals surface area contributed by atoms with Crippen molar-refractivity contribution in [3.05, 3.63) is 85.0 Å². The summed E-state index contributed by atoms with van der Waals surface area (Å²) < 4.78 is 20.8. The first-order valence-electron chi connectivity index (χ1n) is 9.01. The van der Waals surface area contributed by atoms with Gasteiger partial charge in [-0.1, -0.05) is 6.07 Å². The zero-order chi connectivity index (χ0) is 20.9. The van der Waals surface area contributed by atoms with E-state index in [4.69, 9.17) is 4.74 Å². The molecule has 150 valence electrons. The number of rotatable bonds is 5. The molecule has 0 aliphatic rings. The summed E-state index contributed by atoms with van der Waals surface area (Å²) in [5.74, 6) is 1.93. The number of benzene rings is 2. The summed E-state index contributed by atoms with van der Waals surface area (Å²) in [6.45, 7) is 1.87. The summed E-state index contributed by atoms with van der Waals surface area (Å²) >= 11 is 0. The predicted molar refractivity (Wildman–Crippen MR) is 109 cm³/mol. The van der Waals surface area contributed by atoms with E-state index in [1.807, 2.05) is 11.5 Å². The van der Waals surface area contributed by atoms with Gasteiger partial charge in [-0.05, 0) is 49.4 Å². The number of aryl methyl sites for hydroxylation is 1. The molecule has 2 aromatic heterocycles. The van der Waals surface area contributed by atoms with Crippen LogP contribution in [0.4, 0.5) is 20.6 Å². The highest BCUT2D eigenvalue weighted by molar-refractivity contribution is 5.99. The van der Waals surface area contributed by atoms with E-state index in [-0.39, 0.29) is 0 Å². The number of halogens is 1. The van der Waals surface area contributed by atoms with Crippen LogP contribution in [-0.2, 0) is 0 Å². The van der Waals surface area contributed by atoms with Crippen LogP contribution in [0.1, 0.15) is 5.82 Å². The van der Waals surface area contributed by atoms with Crippen molar-refractivity contribution in [1.29, 1.82) is 0 Å². The average Bonchev–Trinajstić information content (AvgIpc) is 3.16. The number of nitrogens with zero attached hydrogens (tertiary/aromatic N) is 4. The van der Waals surface area contributed by atoms with Crippen molar-refractivity contribution in [2.45, 2.75) is 6.92 Å². The summed E-state index contributed by atoms with van der Waals surface area (Å²) in [5.41, 5.74) is 0.911. The highest BCUT2D eigenvalue weighted by atomic mass is 19.1. The van der Waals surface area contributed by atoms with Crippen molar-refractivity contribution in [2.24, 2.45) is 0 Å². The molecule has 0 aliphatic carbocycles. The number of carbonyl (C=O) groups excluding carboxylic acids is 1. The molecule has 0 unspecified atom stereocenters. The maximum atomic E-state index is 13.2. The van der Waals surface area contributed by atoms with Gasteiger partial charge >= 0.3 is 6.03 Å². The summed E-state index contributed by atoms with van der Waals surface area (Å²) in [6, 6.07) is 13.6. The molecule has 0 saturated carbocycles. The minimum atomic E-state index is -0.481. The fourth-order valence-electron chi connectivity index (χ4n) is 2.72. The third-order valence-electron chi connectivity index (χ3n) is 4.12. The van der Waals surface area contributed by atoms with Gasteiger partial charge in [-0.15, -0.1) is 0 Å². The van der Waals surface area contributed by atoms with Gasteiger partial charge in [-0.3, -0.25) is 4.57 Å². The van der Waals surface area contributed by atoms with Gasteiger partial charge in [0.15, 0.2) is 0 Å². The third kappa shape index (κ3) is 4.58. The van der Waals surface area contributed by atoms with Crippen molar-refractivity contribution in [3.63, 3.8) is 0 Å². The zero-order valence-corrected chi connectivity index (χ0v) is 15.9. The molecule has 0 bridgehead atoms. The molecule has 30 heavy (non-hydrogen) atoms. The number of amides is 2. The number of imidazole rings is 1. The Morgan fingerprint density at radius 2 is 1.80 bits per heavy atom. The monoisotopic (exact) mass is 404 g/mol. The Morgan fingerprint density at radius 3 is 2.53 bits per heavy atom. The van der Waals surface area contributed by atoms with E-state index < -0.39 is 11.8 Å². The first-order valence-corrected chi connectivity index (χ1v) is 9.01. The number of anilines is 2. The lowest BCUT2D eigenvalue weighted by Crippen LogP contribution is -2.19. The number of hydrogen-bond acceptors (Lipinski definition) is 5. The number of carbonyl (C=O) groups is 1. The summed E-state index contributed by atoms with van der Waals surface area (Å²) in [7, 11) is 0. The van der Waals surface area contributed by atoms with Crippen LogP contribution in [0.3, 0.4) is 0 Å². The highest BCUT2D eigenvalue weighted by Crippen LogP contribution is 2.23. The molecule has 2 aromatic carbocycles. The van der Waals surface area contributed by atoms with Crippen LogP contribution in [0.2, 0.25) is 0 Å². The Kier molecular flexibility index (Phi) is 5.33. The van der Waals surface area contributed by atoms with E-state index in [2.05, 4.69) is 25.6 Å². The highest BCUT2D eigenvalue weighted by Gasteiger charge is 2.07. The van der Waals surface area contributed by atoms with Crippen LogP contribution in [0, 0.1) is 12.7 Å². The molecule has 9 heteroatoms. The topological polar surface area (TPSA) is 94.0 Å². The number of urea groups is 1. The fraction of sp³-hybridized carbons (Fsp3) is 0.0476. The number of aromatic nitrogens is 4. The number of nitrogens with one attached hydrogen (secondary N) is 2. The van der Waals surface area contributed by atoms with E-state index >= 15 is 0 Å². The Labute approximate surface area is 171 Å². The molecular formula is C21H17FN6O2. The molecular weight excluding hydrogens is 387 g/mol. The lowest BCUT2D eigenvalue weighted by atomic mass is 10.3. The molecule has 2 amide bonds. The van der Waals surface area contributed by atoms with E-state index in [1.165, 1.54) is 24.5 Å². The number of ether oxygens (including phenoxy) is 1. The van der Waals surface area contributed by atoms with Crippen LogP contribution in [0.15, 0.2) is 73.3 Å². The van der Waals surface area contributed by atoms with Gasteiger partial charge in [0, 0.05) is 29.8 Å². The van der Waals surface area contributed by atoms with Crippen LogP contribution >= 0.6 is 0 Å². The molecule has 4 rings (SSSR count). The maximum absolute atomic E-state index is 13.2. The smallest absolute Gasteiger partial charge is 0.323 e. The maximum Gasteiger partial charge on any atom is 0.323 e. The number of hydrogen-bond donors (Lipinski definition) is 2. The summed E-state index contributed by atoms with van der Waals surface area (Å²) in [4.78, 5) is 24.6. The zero-order valence-electron chi connectivity index (χ0n) is 15.9. The van der Waals surface area contributed by atoms with Crippen molar-refractivity contribution in [2.75, 3.05) is 10.6 Å². The molecule has 0 spiro atoms. The lowest BCUT2D eigenvalue weighted by molar-refractivity contribution is 0.262. The van der Waals surface area contributed by atoms with Crippen molar-refractivity contribution < 1.29 is 13.9 Å². The van der Waals surface area contributed by atoms with E-state index in [0.717, 1.165) is 5.82 Å². The minimum Gasteiger partial charge on any atom is -0.439 e. The first kappa shape index (κ1) is 19.1. The van der Waals surface area contributed by atoms with Gasteiger partial charge in [0.1, 0.15) is 29.5 Å². The van der Waals surface area contributed by atoms with Gasteiger partial charge in [-0.25, -0.2) is 24.1 Å². The van der Waals surface area contributed by atoms with Gasteiger partial charge < -0.3 is 15.4 Å². The molecule has 2 N–H and O–H groups in total. The van der Waals surface area contributed by atoms with Gasteiger partial charge in [0.2, 0.25) is 5.88 Å². The molecule has 0 fully saturated rings. The van der Waals surface area contributed by atoms with Crippen molar-refractivity contribution >= 4 is 17.4 Å². The predicted octanol–water partition coefficient (Wildman–Crippen LogP) is 4.55. The molecule has 8 nitrogen and oxygen atoms in total. The van der Waals surface area contributed by atoms with Crippen LogP contribution in [-0.4, -0.2) is 25.6 Å². The Morgan fingerprint density at radius 1 is 1.00 bits per heavy atom. The van der Waals surface area contributed by atoms with Crippen LogP contribution < -0.4 is 15.4 Å². The van der Waals surface area contributed by atoms with Crippen molar-refractivity contribution in [3.8, 4) is 17.4 Å². The molecule has 0 radical (unpaired) electrons. The quantitative estimate of drug-likeness (QED) is 0.509. The fourth-order valence-corrected chi connectivity index (χ4v) is 2.72. The SMILES string of the molecule is Cc1nccn1-c1cc(Oc2ccc(NC(=O)Nc3cccc(F)c3)cc2)ncn1. The second-order valence-electron chi connectivity index (χ2n) is 6.27. The van der Waals surface area contributed by atoms with Gasteiger partial charge in [0.05, 0.1) is 0 Å². The minimum absolute atomic E-state index is 0.361. The lowest BCUT2D eigenvalue weighted by Gasteiger charge is -2.10. The van der Waals surface area contributed by atoms with E-state index in [0.29, 0.717) is 28.8 Å². The largest absolute Gasteiger partial charge is 0.439 e. The normalized spacial score (nSPS) is 10.5. The standard InChI is InChI=1S/C21H17FN6O2/c1-14-23-9-10-28(14)19-12-20(25-13-24-19)30-18-7-5-16(6-8-18)26-21(29)27-17-4-2-3-15(22)11-17/h2-13H,1H3,(H2,26,27,29). The Balaban J connectivity index is 1.39. The summed E-state index contributed by atoms with van der Waals surface area (Å²) in [6.07, 6.45) is 4.90. The molecule has 2 heterocycles.